The zero-order valence-electron chi connectivity index (χ0n) is 13.1. The van der Waals surface area contributed by atoms with Gasteiger partial charge in [0.05, 0.1) is 6.54 Å². The average Bonchev–Trinajstić information content (AvgIpc) is 2.45. The van der Waals surface area contributed by atoms with Crippen molar-refractivity contribution in [2.45, 2.75) is 45.7 Å². The molecule has 1 rings (SSSR count). The molecule has 0 fully saturated rings. The molecular weight excluding hydrogens is 268 g/mol. The molecule has 1 aromatic carbocycles. The van der Waals surface area contributed by atoms with E-state index in [1.165, 1.54) is 0 Å². The van der Waals surface area contributed by atoms with Crippen LogP contribution in [0.2, 0.25) is 0 Å². The lowest BCUT2D eigenvalue weighted by molar-refractivity contribution is -0.144. The van der Waals surface area contributed by atoms with Crippen LogP contribution in [0, 0.1) is 0 Å². The number of nitrogens with one attached hydrogen (secondary N) is 1. The van der Waals surface area contributed by atoms with Gasteiger partial charge in [0.25, 0.3) is 0 Å². The Morgan fingerprint density at radius 1 is 1.29 bits per heavy atom. The van der Waals surface area contributed by atoms with Crippen molar-refractivity contribution in [2.75, 3.05) is 11.4 Å². The highest BCUT2D eigenvalue weighted by Gasteiger charge is 2.32. The minimum atomic E-state index is -1.09. The van der Waals surface area contributed by atoms with Gasteiger partial charge >= 0.3 is 5.97 Å². The number of carbonyl (C=O) groups is 2. The Labute approximate surface area is 126 Å². The summed E-state index contributed by atoms with van der Waals surface area (Å²) in [5.74, 6) is -1.09. The Bertz CT molecular complexity index is 488. The highest BCUT2D eigenvalue weighted by Crippen LogP contribution is 2.17. The van der Waals surface area contributed by atoms with E-state index in [1.807, 2.05) is 44.2 Å². The molecule has 0 saturated heterocycles. The summed E-state index contributed by atoms with van der Waals surface area (Å²) in [7, 11) is 0. The van der Waals surface area contributed by atoms with E-state index in [2.05, 4.69) is 5.32 Å². The number of amides is 1. The maximum atomic E-state index is 12.4. The number of rotatable bonds is 7. The molecule has 0 saturated carbocycles. The molecule has 0 radical (unpaired) electrons. The SMILES string of the molecule is CCC(C)(NCC(=O)N(c1ccccc1)C(C)C)C(=O)O. The zero-order valence-corrected chi connectivity index (χ0v) is 13.1. The van der Waals surface area contributed by atoms with Crippen LogP contribution in [0.5, 0.6) is 0 Å². The largest absolute Gasteiger partial charge is 0.480 e. The fourth-order valence-corrected chi connectivity index (χ4v) is 2.03. The number of anilines is 1. The van der Waals surface area contributed by atoms with Gasteiger partial charge < -0.3 is 10.0 Å². The molecule has 0 aliphatic heterocycles. The van der Waals surface area contributed by atoms with Crippen molar-refractivity contribution in [1.29, 1.82) is 0 Å². The second kappa shape index (κ2) is 7.22. The molecule has 1 aromatic rings. The van der Waals surface area contributed by atoms with E-state index < -0.39 is 11.5 Å². The first-order valence-corrected chi connectivity index (χ1v) is 7.17. The van der Waals surface area contributed by atoms with Crippen LogP contribution in [0.25, 0.3) is 0 Å². The smallest absolute Gasteiger partial charge is 0.323 e. The second-order valence-electron chi connectivity index (χ2n) is 5.54. The third kappa shape index (κ3) is 4.29. The quantitative estimate of drug-likeness (QED) is 0.809. The van der Waals surface area contributed by atoms with Gasteiger partial charge in [0.15, 0.2) is 0 Å². The summed E-state index contributed by atoms with van der Waals surface area (Å²) in [5.41, 5.74) is -0.275. The number of para-hydroxylation sites is 1. The van der Waals surface area contributed by atoms with E-state index >= 15 is 0 Å². The van der Waals surface area contributed by atoms with Crippen LogP contribution in [-0.4, -0.2) is 35.1 Å². The van der Waals surface area contributed by atoms with Gasteiger partial charge in [-0.2, -0.15) is 0 Å². The maximum Gasteiger partial charge on any atom is 0.323 e. The van der Waals surface area contributed by atoms with Crippen LogP contribution in [0.4, 0.5) is 5.69 Å². The predicted octanol–water partition coefficient (Wildman–Crippen LogP) is 2.27. The minimum Gasteiger partial charge on any atom is -0.480 e. The summed E-state index contributed by atoms with van der Waals surface area (Å²) in [6.45, 7) is 7.22. The standard InChI is InChI=1S/C16H24N2O3/c1-5-16(4,15(20)21)17-11-14(19)18(12(2)3)13-9-7-6-8-10-13/h6-10,12,17H,5,11H2,1-4H3,(H,20,21). The molecule has 5 nitrogen and oxygen atoms in total. The minimum absolute atomic E-state index is 0.000546. The molecule has 1 amide bonds. The molecule has 116 valence electrons. The molecule has 0 bridgehead atoms. The number of aliphatic carboxylic acids is 1. The molecule has 5 heteroatoms. The molecule has 0 spiro atoms. The number of benzene rings is 1. The van der Waals surface area contributed by atoms with Crippen molar-refractivity contribution in [3.8, 4) is 0 Å². The Kier molecular flexibility index (Phi) is 5.90. The lowest BCUT2D eigenvalue weighted by atomic mass is 9.99. The van der Waals surface area contributed by atoms with Gasteiger partial charge in [-0.15, -0.1) is 0 Å². The monoisotopic (exact) mass is 292 g/mol. The Morgan fingerprint density at radius 2 is 1.86 bits per heavy atom. The van der Waals surface area contributed by atoms with Crippen LogP contribution in [0.3, 0.4) is 0 Å². The third-order valence-corrected chi connectivity index (χ3v) is 3.63. The molecule has 1 atom stereocenters. The highest BCUT2D eigenvalue weighted by atomic mass is 16.4. The van der Waals surface area contributed by atoms with Crippen LogP contribution >= 0.6 is 0 Å². The Morgan fingerprint density at radius 3 is 2.29 bits per heavy atom. The van der Waals surface area contributed by atoms with Gasteiger partial charge in [0.1, 0.15) is 5.54 Å². The van der Waals surface area contributed by atoms with Gasteiger partial charge in [0, 0.05) is 11.7 Å². The first-order chi connectivity index (χ1) is 9.81. The predicted molar refractivity (Wildman–Crippen MR) is 83.4 cm³/mol. The van der Waals surface area contributed by atoms with Crippen molar-refractivity contribution in [3.63, 3.8) is 0 Å². The van der Waals surface area contributed by atoms with E-state index in [0.29, 0.717) is 6.42 Å². The van der Waals surface area contributed by atoms with Gasteiger partial charge in [0.2, 0.25) is 5.91 Å². The van der Waals surface area contributed by atoms with Gasteiger partial charge in [-0.3, -0.25) is 14.9 Å². The van der Waals surface area contributed by atoms with E-state index in [1.54, 1.807) is 18.7 Å². The topological polar surface area (TPSA) is 69.6 Å². The van der Waals surface area contributed by atoms with Crippen LogP contribution in [-0.2, 0) is 9.59 Å². The summed E-state index contributed by atoms with van der Waals surface area (Å²) in [6.07, 6.45) is 0.405. The normalized spacial score (nSPS) is 13.8. The van der Waals surface area contributed by atoms with E-state index in [0.717, 1.165) is 5.69 Å². The number of carbonyl (C=O) groups excluding carboxylic acids is 1. The molecule has 1 unspecified atom stereocenters. The molecule has 2 N–H and O–H groups in total. The van der Waals surface area contributed by atoms with Crippen molar-refractivity contribution >= 4 is 17.6 Å². The number of carboxylic acids is 1. The van der Waals surface area contributed by atoms with E-state index in [4.69, 9.17) is 0 Å². The first-order valence-electron chi connectivity index (χ1n) is 7.17. The van der Waals surface area contributed by atoms with Gasteiger partial charge in [-0.1, -0.05) is 25.1 Å². The van der Waals surface area contributed by atoms with Crippen LogP contribution < -0.4 is 10.2 Å². The maximum absolute atomic E-state index is 12.4. The van der Waals surface area contributed by atoms with Crippen molar-refractivity contribution in [2.24, 2.45) is 0 Å². The number of hydrogen-bond acceptors (Lipinski definition) is 3. The summed E-state index contributed by atoms with van der Waals surface area (Å²) >= 11 is 0. The highest BCUT2D eigenvalue weighted by molar-refractivity contribution is 5.95. The number of nitrogens with zero attached hydrogens (tertiary/aromatic N) is 1. The first kappa shape index (κ1) is 17.2. The van der Waals surface area contributed by atoms with Crippen LogP contribution in [0.1, 0.15) is 34.1 Å². The molecule has 21 heavy (non-hydrogen) atoms. The fraction of sp³-hybridized carbons (Fsp3) is 0.500. The third-order valence-electron chi connectivity index (χ3n) is 3.63. The second-order valence-corrected chi connectivity index (χ2v) is 5.54. The van der Waals surface area contributed by atoms with Gasteiger partial charge in [-0.05, 0) is 39.3 Å². The zero-order chi connectivity index (χ0) is 16.0. The summed E-state index contributed by atoms with van der Waals surface area (Å²) in [6, 6.07) is 9.38. The fourth-order valence-electron chi connectivity index (χ4n) is 2.03. The van der Waals surface area contributed by atoms with Crippen molar-refractivity contribution < 1.29 is 14.7 Å². The van der Waals surface area contributed by atoms with Crippen molar-refractivity contribution in [1.82, 2.24) is 5.32 Å². The van der Waals surface area contributed by atoms with E-state index in [-0.39, 0.29) is 18.5 Å². The lowest BCUT2D eigenvalue weighted by Gasteiger charge is -2.30. The summed E-state index contributed by atoms with van der Waals surface area (Å²) in [5, 5.41) is 12.1. The molecular formula is C16H24N2O3. The Hall–Kier alpha value is -1.88. The van der Waals surface area contributed by atoms with Gasteiger partial charge in [-0.25, -0.2) is 0 Å². The number of carboxylic acid groups (broad SMARTS) is 1. The molecule has 0 aliphatic carbocycles. The molecule has 0 aromatic heterocycles. The van der Waals surface area contributed by atoms with Crippen LogP contribution in [0.15, 0.2) is 30.3 Å². The lowest BCUT2D eigenvalue weighted by Crippen LogP contribution is -2.53. The average molecular weight is 292 g/mol. The molecule has 0 heterocycles. The number of hydrogen-bond donors (Lipinski definition) is 2. The molecule has 0 aliphatic rings. The summed E-state index contributed by atoms with van der Waals surface area (Å²) < 4.78 is 0. The van der Waals surface area contributed by atoms with E-state index in [9.17, 15) is 14.7 Å². The van der Waals surface area contributed by atoms with Crippen molar-refractivity contribution in [3.05, 3.63) is 30.3 Å². The summed E-state index contributed by atoms with van der Waals surface area (Å²) in [4.78, 5) is 25.4. The Balaban J connectivity index is 2.83.